The third-order valence-corrected chi connectivity index (χ3v) is 4.43. The Hall–Kier alpha value is -2.27. The summed E-state index contributed by atoms with van der Waals surface area (Å²) in [7, 11) is 0. The molecule has 2 aromatic rings. The Morgan fingerprint density at radius 2 is 1.83 bits per heavy atom. The van der Waals surface area contributed by atoms with Gasteiger partial charge in [0.15, 0.2) is 0 Å². The summed E-state index contributed by atoms with van der Waals surface area (Å²) >= 11 is 1.55. The predicted molar refractivity (Wildman–Crippen MR) is 101 cm³/mol. The zero-order valence-corrected chi connectivity index (χ0v) is 15.0. The lowest BCUT2D eigenvalue weighted by Gasteiger charge is -2.06. The summed E-state index contributed by atoms with van der Waals surface area (Å²) in [5.74, 6) is 1.12. The Balaban J connectivity index is 1.83. The maximum Gasteiger partial charge on any atom is 0.250 e. The van der Waals surface area contributed by atoms with E-state index in [9.17, 15) is 9.90 Å². The molecule has 0 heterocycles. The normalized spacial score (nSPS) is 11.4. The lowest BCUT2D eigenvalue weighted by Crippen LogP contribution is -2.21. The molecule has 2 aromatic carbocycles. The molecule has 0 spiro atoms. The first-order valence-corrected chi connectivity index (χ1v) is 8.87. The number of nitrogens with one attached hydrogen (secondary N) is 1. The molecule has 4 nitrogen and oxygen atoms in total. The van der Waals surface area contributed by atoms with E-state index in [-0.39, 0.29) is 11.7 Å². The monoisotopic (exact) mass is 342 g/mol. The Morgan fingerprint density at radius 3 is 2.50 bits per heavy atom. The quantitative estimate of drug-likeness (QED) is 0.620. The molecule has 0 radical (unpaired) electrons. The van der Waals surface area contributed by atoms with Crippen LogP contribution in [0.25, 0.3) is 0 Å². The Bertz CT molecular complexity index is 737. The maximum absolute atomic E-state index is 11.9. The number of amides is 1. The lowest BCUT2D eigenvalue weighted by molar-refractivity contribution is -0.118. The van der Waals surface area contributed by atoms with Crippen molar-refractivity contribution in [3.05, 3.63) is 64.7 Å². The van der Waals surface area contributed by atoms with Gasteiger partial charge in [-0.2, -0.15) is 5.10 Å². The second-order valence-electron chi connectivity index (χ2n) is 5.74. The number of hydrogen-bond acceptors (Lipinski definition) is 4. The molecular formula is C19H22N2O2S. The standard InChI is InChI=1S/C19H22N2O2S/c1-13-8-14(2)10-16(9-13)11-24-12-19(23)21-20-15(3)17-6-4-5-7-18(17)22/h4-10,22H,11-12H2,1-3H3,(H,21,23)/b20-15-. The molecule has 0 atom stereocenters. The minimum atomic E-state index is -0.154. The van der Waals surface area contributed by atoms with Gasteiger partial charge < -0.3 is 5.11 Å². The number of carbonyl (C=O) groups is 1. The van der Waals surface area contributed by atoms with E-state index in [1.165, 1.54) is 16.7 Å². The third kappa shape index (κ3) is 5.42. The molecule has 5 heteroatoms. The second kappa shape index (κ2) is 8.55. The molecule has 126 valence electrons. The summed E-state index contributed by atoms with van der Waals surface area (Å²) in [6.07, 6.45) is 0. The summed E-state index contributed by atoms with van der Waals surface area (Å²) in [5.41, 5.74) is 7.41. The Kier molecular flexibility index (Phi) is 6.44. The van der Waals surface area contributed by atoms with Gasteiger partial charge in [0, 0.05) is 11.3 Å². The summed E-state index contributed by atoms with van der Waals surface area (Å²) in [4.78, 5) is 11.9. The van der Waals surface area contributed by atoms with E-state index in [2.05, 4.69) is 42.6 Å². The molecule has 0 unspecified atom stereocenters. The molecule has 0 aromatic heterocycles. The van der Waals surface area contributed by atoms with Crippen LogP contribution in [0, 0.1) is 13.8 Å². The fourth-order valence-corrected chi connectivity index (χ4v) is 3.19. The summed E-state index contributed by atoms with van der Waals surface area (Å²) in [5, 5.41) is 13.8. The number of phenolic OH excluding ortho intramolecular Hbond substituents is 1. The van der Waals surface area contributed by atoms with E-state index < -0.39 is 0 Å². The summed E-state index contributed by atoms with van der Waals surface area (Å²) in [6, 6.07) is 13.3. The number of carbonyl (C=O) groups excluding carboxylic acids is 1. The fraction of sp³-hybridized carbons (Fsp3) is 0.263. The van der Waals surface area contributed by atoms with Crippen molar-refractivity contribution in [2.75, 3.05) is 5.75 Å². The minimum Gasteiger partial charge on any atom is -0.507 e. The lowest BCUT2D eigenvalue weighted by atomic mass is 10.1. The molecule has 2 rings (SSSR count). The number of hydrogen-bond donors (Lipinski definition) is 2. The van der Waals surface area contributed by atoms with Gasteiger partial charge in [-0.1, -0.05) is 41.5 Å². The molecule has 24 heavy (non-hydrogen) atoms. The van der Waals surface area contributed by atoms with Crippen LogP contribution in [0.4, 0.5) is 0 Å². The van der Waals surface area contributed by atoms with Crippen LogP contribution in [-0.2, 0) is 10.5 Å². The van der Waals surface area contributed by atoms with Crippen molar-refractivity contribution in [1.29, 1.82) is 0 Å². The number of aryl methyl sites for hydroxylation is 2. The summed E-state index contributed by atoms with van der Waals surface area (Å²) in [6.45, 7) is 5.90. The van der Waals surface area contributed by atoms with E-state index in [4.69, 9.17) is 0 Å². The zero-order valence-electron chi connectivity index (χ0n) is 14.2. The molecule has 2 N–H and O–H groups in total. The molecule has 0 aliphatic heterocycles. The Labute approximate surface area is 147 Å². The van der Waals surface area contributed by atoms with Gasteiger partial charge in [-0.25, -0.2) is 5.43 Å². The smallest absolute Gasteiger partial charge is 0.250 e. The highest BCUT2D eigenvalue weighted by Crippen LogP contribution is 2.17. The van der Waals surface area contributed by atoms with Crippen LogP contribution in [0.1, 0.15) is 29.2 Å². The van der Waals surface area contributed by atoms with Crippen molar-refractivity contribution in [2.24, 2.45) is 5.10 Å². The average Bonchev–Trinajstić information content (AvgIpc) is 2.52. The highest BCUT2D eigenvalue weighted by Gasteiger charge is 2.05. The molecule has 1 amide bonds. The zero-order chi connectivity index (χ0) is 17.5. The number of aromatic hydroxyl groups is 1. The van der Waals surface area contributed by atoms with Crippen LogP contribution >= 0.6 is 11.8 Å². The molecule has 0 fully saturated rings. The number of benzene rings is 2. The summed E-state index contributed by atoms with van der Waals surface area (Å²) < 4.78 is 0. The number of para-hydroxylation sites is 1. The number of thioether (sulfide) groups is 1. The van der Waals surface area contributed by atoms with Crippen molar-refractivity contribution in [1.82, 2.24) is 5.43 Å². The van der Waals surface area contributed by atoms with Crippen molar-refractivity contribution >= 4 is 23.4 Å². The van der Waals surface area contributed by atoms with Crippen LogP contribution in [0.5, 0.6) is 5.75 Å². The maximum atomic E-state index is 11.9. The third-order valence-electron chi connectivity index (χ3n) is 3.43. The first kappa shape index (κ1) is 18.1. The first-order valence-electron chi connectivity index (χ1n) is 7.72. The fourth-order valence-electron chi connectivity index (χ4n) is 2.43. The van der Waals surface area contributed by atoms with Gasteiger partial charge in [0.1, 0.15) is 5.75 Å². The Morgan fingerprint density at radius 1 is 1.17 bits per heavy atom. The largest absolute Gasteiger partial charge is 0.507 e. The number of rotatable bonds is 6. The van der Waals surface area contributed by atoms with Gasteiger partial charge in [-0.15, -0.1) is 11.8 Å². The van der Waals surface area contributed by atoms with Gasteiger partial charge in [-0.3, -0.25) is 4.79 Å². The van der Waals surface area contributed by atoms with Crippen molar-refractivity contribution in [2.45, 2.75) is 26.5 Å². The number of phenols is 1. The van der Waals surface area contributed by atoms with E-state index >= 15 is 0 Å². The van der Waals surface area contributed by atoms with Gasteiger partial charge in [0.05, 0.1) is 11.5 Å². The predicted octanol–water partition coefficient (Wildman–Crippen LogP) is 3.78. The van der Waals surface area contributed by atoms with E-state index in [1.807, 2.05) is 6.07 Å². The highest BCUT2D eigenvalue weighted by atomic mass is 32.2. The molecule has 0 aliphatic carbocycles. The van der Waals surface area contributed by atoms with Crippen LogP contribution in [0.2, 0.25) is 0 Å². The van der Waals surface area contributed by atoms with E-state index in [1.54, 1.807) is 36.9 Å². The minimum absolute atomic E-state index is 0.150. The van der Waals surface area contributed by atoms with Crippen molar-refractivity contribution < 1.29 is 9.90 Å². The molecule has 0 bridgehead atoms. The van der Waals surface area contributed by atoms with Crippen LogP contribution in [0.15, 0.2) is 47.6 Å². The van der Waals surface area contributed by atoms with E-state index in [0.717, 1.165) is 5.75 Å². The van der Waals surface area contributed by atoms with Crippen molar-refractivity contribution in [3.63, 3.8) is 0 Å². The van der Waals surface area contributed by atoms with Crippen LogP contribution in [-0.4, -0.2) is 22.5 Å². The van der Waals surface area contributed by atoms with E-state index in [0.29, 0.717) is 17.0 Å². The number of hydrazone groups is 1. The van der Waals surface area contributed by atoms with Gasteiger partial charge in [0.25, 0.3) is 0 Å². The molecule has 0 aliphatic rings. The van der Waals surface area contributed by atoms with Gasteiger partial charge >= 0.3 is 0 Å². The van der Waals surface area contributed by atoms with Crippen LogP contribution in [0.3, 0.4) is 0 Å². The van der Waals surface area contributed by atoms with Gasteiger partial charge in [0.2, 0.25) is 5.91 Å². The number of nitrogens with zero attached hydrogens (tertiary/aromatic N) is 1. The first-order chi connectivity index (χ1) is 11.5. The topological polar surface area (TPSA) is 61.7 Å². The molecular weight excluding hydrogens is 320 g/mol. The molecule has 0 saturated carbocycles. The highest BCUT2D eigenvalue weighted by molar-refractivity contribution is 7.99. The SMILES string of the molecule is C/C(=N/NC(=O)CSCc1cc(C)cc(C)c1)c1ccccc1O. The molecule has 0 saturated heterocycles. The van der Waals surface area contributed by atoms with Gasteiger partial charge in [-0.05, 0) is 38.5 Å². The van der Waals surface area contributed by atoms with Crippen molar-refractivity contribution in [3.8, 4) is 5.75 Å². The second-order valence-corrected chi connectivity index (χ2v) is 6.72. The van der Waals surface area contributed by atoms with Crippen LogP contribution < -0.4 is 5.43 Å². The average molecular weight is 342 g/mol.